The van der Waals surface area contributed by atoms with E-state index in [0.717, 1.165) is 0 Å². The number of fused-ring (bicyclic) bond motifs is 1. The first-order chi connectivity index (χ1) is 16.0. The summed E-state index contributed by atoms with van der Waals surface area (Å²) in [6, 6.07) is 12.4. The van der Waals surface area contributed by atoms with Gasteiger partial charge < -0.3 is 9.64 Å². The van der Waals surface area contributed by atoms with Gasteiger partial charge in [0.15, 0.2) is 10.9 Å². The average Bonchev–Trinajstić information content (AvgIpc) is 2.83. The summed E-state index contributed by atoms with van der Waals surface area (Å²) in [7, 11) is 0. The van der Waals surface area contributed by atoms with E-state index in [4.69, 9.17) is 4.74 Å². The first-order valence-corrected chi connectivity index (χ1v) is 11.8. The van der Waals surface area contributed by atoms with E-state index >= 15 is 0 Å². The fourth-order valence-electron chi connectivity index (χ4n) is 3.92. The molecule has 1 aromatic heterocycles. The van der Waals surface area contributed by atoms with Crippen molar-refractivity contribution in [3.63, 3.8) is 0 Å². The maximum absolute atomic E-state index is 13.4. The largest absolute Gasteiger partial charge is 0.450 e. The molecule has 1 aliphatic heterocycles. The van der Waals surface area contributed by atoms with Crippen LogP contribution in [0.15, 0.2) is 58.5 Å². The van der Waals surface area contributed by atoms with Gasteiger partial charge in [-0.2, -0.15) is 0 Å². The number of rotatable bonds is 6. The number of likely N-dealkylation sites (tertiary alicyclic amines) is 1. The zero-order chi connectivity index (χ0) is 23.4. The van der Waals surface area contributed by atoms with Crippen molar-refractivity contribution < 1.29 is 18.7 Å². The van der Waals surface area contributed by atoms with Gasteiger partial charge in [0.25, 0.3) is 5.56 Å². The van der Waals surface area contributed by atoms with Crippen LogP contribution in [0.5, 0.6) is 0 Å². The predicted molar refractivity (Wildman–Crippen MR) is 124 cm³/mol. The van der Waals surface area contributed by atoms with Crippen LogP contribution in [0, 0.1) is 5.82 Å². The quantitative estimate of drug-likeness (QED) is 0.304. The smallest absolute Gasteiger partial charge is 0.409 e. The molecule has 33 heavy (non-hydrogen) atoms. The van der Waals surface area contributed by atoms with Crippen LogP contribution in [0.3, 0.4) is 0 Å². The lowest BCUT2D eigenvalue weighted by atomic mass is 10.0. The summed E-state index contributed by atoms with van der Waals surface area (Å²) < 4.78 is 19.9. The molecule has 0 atom stereocenters. The lowest BCUT2D eigenvalue weighted by Gasteiger charge is -2.33. The number of ketones is 1. The highest BCUT2D eigenvalue weighted by Crippen LogP contribution is 2.28. The van der Waals surface area contributed by atoms with Crippen LogP contribution in [0.2, 0.25) is 0 Å². The second kappa shape index (κ2) is 10.2. The van der Waals surface area contributed by atoms with Gasteiger partial charge in [-0.05, 0) is 56.2 Å². The molecule has 1 amide bonds. The van der Waals surface area contributed by atoms with Gasteiger partial charge in [-0.25, -0.2) is 14.2 Å². The average molecular weight is 470 g/mol. The number of carbonyl (C=O) groups is 2. The molecular weight excluding hydrogens is 445 g/mol. The third-order valence-electron chi connectivity index (χ3n) is 5.63. The molecule has 1 aliphatic rings. The minimum Gasteiger partial charge on any atom is -0.450 e. The van der Waals surface area contributed by atoms with E-state index < -0.39 is 5.82 Å². The van der Waals surface area contributed by atoms with Gasteiger partial charge in [-0.15, -0.1) is 0 Å². The molecular formula is C24H24FN3O4S. The lowest BCUT2D eigenvalue weighted by molar-refractivity contribution is 0.0914. The molecule has 3 aromatic rings. The molecule has 0 spiro atoms. The summed E-state index contributed by atoms with van der Waals surface area (Å²) in [6.07, 6.45) is 0.815. The van der Waals surface area contributed by atoms with E-state index in [9.17, 15) is 18.8 Å². The maximum atomic E-state index is 13.4. The fourth-order valence-corrected chi connectivity index (χ4v) is 4.88. The Kier molecular flexibility index (Phi) is 7.08. The summed E-state index contributed by atoms with van der Waals surface area (Å²) >= 11 is 1.20. The number of halogens is 1. The van der Waals surface area contributed by atoms with E-state index in [1.165, 1.54) is 36.0 Å². The maximum Gasteiger partial charge on any atom is 0.409 e. The number of amides is 1. The van der Waals surface area contributed by atoms with E-state index in [1.807, 2.05) is 6.07 Å². The highest BCUT2D eigenvalue weighted by Gasteiger charge is 2.28. The van der Waals surface area contributed by atoms with Gasteiger partial charge in [0.1, 0.15) is 5.82 Å². The highest BCUT2D eigenvalue weighted by molar-refractivity contribution is 7.99. The number of carbonyl (C=O) groups excluding carboxylic acids is 2. The zero-order valence-corrected chi connectivity index (χ0v) is 19.0. The number of Topliss-reactive ketones (excluding diaryl/α,β-unsaturated/α-hetero) is 1. The predicted octanol–water partition coefficient (Wildman–Crippen LogP) is 4.30. The van der Waals surface area contributed by atoms with E-state index in [0.29, 0.717) is 54.2 Å². The Bertz CT molecular complexity index is 1220. The Balaban J connectivity index is 1.60. The zero-order valence-electron chi connectivity index (χ0n) is 18.2. The third kappa shape index (κ3) is 5.08. The molecule has 4 rings (SSSR count). The van der Waals surface area contributed by atoms with Crippen molar-refractivity contribution in [3.05, 3.63) is 70.3 Å². The Morgan fingerprint density at radius 1 is 1.12 bits per heavy atom. The number of hydrogen-bond acceptors (Lipinski definition) is 6. The van der Waals surface area contributed by atoms with Gasteiger partial charge in [-0.3, -0.25) is 14.2 Å². The standard InChI is InChI=1S/C24H24FN3O4S/c1-2-32-24(31)27-13-11-18(12-14-27)28-22(30)19-5-3-4-6-20(19)26-23(28)33-15-21(29)16-7-9-17(25)10-8-16/h3-10,18H,2,11-15H2,1H3. The molecule has 2 aromatic carbocycles. The van der Waals surface area contributed by atoms with Gasteiger partial charge in [0.05, 0.1) is 23.3 Å². The van der Waals surface area contributed by atoms with Crippen molar-refractivity contribution in [1.29, 1.82) is 0 Å². The molecule has 0 bridgehead atoms. The van der Waals surface area contributed by atoms with E-state index in [1.54, 1.807) is 34.6 Å². The second-order valence-corrected chi connectivity index (χ2v) is 8.67. The Hall–Kier alpha value is -3.20. The van der Waals surface area contributed by atoms with Gasteiger partial charge in [0, 0.05) is 24.7 Å². The lowest BCUT2D eigenvalue weighted by Crippen LogP contribution is -2.41. The number of ether oxygens (including phenoxy) is 1. The van der Waals surface area contributed by atoms with Crippen molar-refractivity contribution in [1.82, 2.24) is 14.5 Å². The summed E-state index contributed by atoms with van der Waals surface area (Å²) in [5, 5.41) is 0.975. The molecule has 0 unspecified atom stereocenters. The molecule has 2 heterocycles. The molecule has 1 fully saturated rings. The first-order valence-electron chi connectivity index (χ1n) is 10.8. The van der Waals surface area contributed by atoms with Crippen molar-refractivity contribution >= 4 is 34.5 Å². The number of thioether (sulfide) groups is 1. The molecule has 0 saturated carbocycles. The molecule has 172 valence electrons. The number of hydrogen-bond donors (Lipinski definition) is 0. The Morgan fingerprint density at radius 3 is 2.52 bits per heavy atom. The summed E-state index contributed by atoms with van der Waals surface area (Å²) in [5.74, 6) is -0.512. The summed E-state index contributed by atoms with van der Waals surface area (Å²) in [6.45, 7) is 3.03. The highest BCUT2D eigenvalue weighted by atomic mass is 32.2. The number of aromatic nitrogens is 2. The molecule has 0 radical (unpaired) electrons. The normalized spacial score (nSPS) is 14.4. The van der Waals surface area contributed by atoms with Crippen LogP contribution >= 0.6 is 11.8 Å². The van der Waals surface area contributed by atoms with Crippen LogP contribution in [0.4, 0.5) is 9.18 Å². The number of nitrogens with zero attached hydrogens (tertiary/aromatic N) is 3. The molecule has 1 saturated heterocycles. The molecule has 0 aliphatic carbocycles. The number of benzene rings is 2. The van der Waals surface area contributed by atoms with E-state index in [-0.39, 0.29) is 29.2 Å². The monoisotopic (exact) mass is 469 g/mol. The van der Waals surface area contributed by atoms with Crippen LogP contribution in [0.1, 0.15) is 36.2 Å². The van der Waals surface area contributed by atoms with Crippen molar-refractivity contribution in [3.8, 4) is 0 Å². The number of piperidine rings is 1. The van der Waals surface area contributed by atoms with Gasteiger partial charge in [-0.1, -0.05) is 23.9 Å². The SMILES string of the molecule is CCOC(=O)N1CCC(n2c(SCC(=O)c3ccc(F)cc3)nc3ccccc3c2=O)CC1. The van der Waals surface area contributed by atoms with Crippen molar-refractivity contribution in [2.75, 3.05) is 25.4 Å². The van der Waals surface area contributed by atoms with Crippen LogP contribution < -0.4 is 5.56 Å². The molecule has 0 N–H and O–H groups in total. The third-order valence-corrected chi connectivity index (χ3v) is 6.58. The molecule has 7 nitrogen and oxygen atoms in total. The first kappa shape index (κ1) is 23.0. The topological polar surface area (TPSA) is 81.5 Å². The summed E-state index contributed by atoms with van der Waals surface area (Å²) in [5.41, 5.74) is 0.813. The molecule has 9 heteroatoms. The van der Waals surface area contributed by atoms with Crippen LogP contribution in [-0.4, -0.2) is 51.8 Å². The summed E-state index contributed by atoms with van der Waals surface area (Å²) in [4.78, 5) is 44.4. The second-order valence-electron chi connectivity index (χ2n) is 7.72. The number of para-hydroxylation sites is 1. The van der Waals surface area contributed by atoms with Crippen LogP contribution in [0.25, 0.3) is 10.9 Å². The minimum atomic E-state index is -0.404. The van der Waals surface area contributed by atoms with Crippen LogP contribution in [-0.2, 0) is 4.74 Å². The fraction of sp³-hybridized carbons (Fsp3) is 0.333. The van der Waals surface area contributed by atoms with Gasteiger partial charge in [0.2, 0.25) is 0 Å². The van der Waals surface area contributed by atoms with Crippen molar-refractivity contribution in [2.45, 2.75) is 31.0 Å². The van der Waals surface area contributed by atoms with Gasteiger partial charge >= 0.3 is 6.09 Å². The van der Waals surface area contributed by atoms with E-state index in [2.05, 4.69) is 4.98 Å². The Morgan fingerprint density at radius 2 is 1.82 bits per heavy atom. The minimum absolute atomic E-state index is 0.0675. The Labute approximate surface area is 194 Å². The van der Waals surface area contributed by atoms with Crippen molar-refractivity contribution in [2.24, 2.45) is 0 Å².